The lowest BCUT2D eigenvalue weighted by Crippen LogP contribution is -2.51. The predicted molar refractivity (Wildman–Crippen MR) is 242 cm³/mol. The second-order valence-corrected chi connectivity index (χ2v) is 17.4. The second-order valence-electron chi connectivity index (χ2n) is 17.4. The van der Waals surface area contributed by atoms with E-state index in [1.165, 1.54) is 0 Å². The van der Waals surface area contributed by atoms with E-state index in [-0.39, 0.29) is 115 Å². The maximum atomic E-state index is 13.5. The highest BCUT2D eigenvalue weighted by atomic mass is 16.4. The van der Waals surface area contributed by atoms with E-state index in [9.17, 15) is 73.5 Å². The number of hydrogen-bond acceptors (Lipinski definition) is 14. The van der Waals surface area contributed by atoms with Gasteiger partial charge in [-0.15, -0.1) is 0 Å². The quantitative estimate of drug-likeness (QED) is 0.0416. The van der Waals surface area contributed by atoms with Gasteiger partial charge in [0, 0.05) is 96.6 Å². The van der Waals surface area contributed by atoms with Crippen LogP contribution < -0.4 is 26.6 Å². The van der Waals surface area contributed by atoms with Crippen LogP contribution in [0, 0.1) is 11.8 Å². The molecule has 1 aliphatic heterocycles. The van der Waals surface area contributed by atoms with Crippen LogP contribution in [-0.2, 0) is 49.6 Å². The molecule has 0 unspecified atom stereocenters. The van der Waals surface area contributed by atoms with Crippen molar-refractivity contribution in [2.45, 2.75) is 82.3 Å². The third-order valence-electron chi connectivity index (χ3n) is 12.0. The van der Waals surface area contributed by atoms with Gasteiger partial charge in [0.25, 0.3) is 0 Å². The van der Waals surface area contributed by atoms with Gasteiger partial charge in [0.2, 0.25) is 17.7 Å². The number of carboxylic acid groups (broad SMARTS) is 6. The van der Waals surface area contributed by atoms with Gasteiger partial charge in [0.15, 0.2) is 0 Å². The standard InChI is InChI=1S/C43H68N10O16/c54-34(24-50-13-15-51(25-36(57)58)17-19-53(27-38(61)62)20-18-52(16-14-50)26-37(59)60)46-23-28-4-6-30(7-5-28)39(63)47-33(21-29-10-12-44-22-29)40(64)45-11-2-1-3-31(41(65)66)48-43(69)49-32(42(67)68)8-9-35(55)56/h10,12,22,28,30-33,44H,1-9,11,13-21,23-27H2,(H,45,64)(H,46,54)(H,47,63)(H,55,56)(H,57,58)(H,59,60)(H,61,62)(H,65,66)(H,67,68)(H2,48,49,69)/t28?,30?,31-,32-,33-/m0/s1. The monoisotopic (exact) mass is 980 g/mol. The highest BCUT2D eigenvalue weighted by Gasteiger charge is 2.31. The fourth-order valence-electron chi connectivity index (χ4n) is 8.10. The first-order valence-electron chi connectivity index (χ1n) is 23.0. The number of carbonyl (C=O) groups is 10. The molecule has 1 saturated heterocycles. The molecule has 2 fully saturated rings. The molecule has 3 rings (SSSR count). The van der Waals surface area contributed by atoms with Crippen molar-refractivity contribution in [2.24, 2.45) is 11.8 Å². The van der Waals surface area contributed by atoms with Crippen LogP contribution in [0.25, 0.3) is 0 Å². The molecular formula is C43H68N10O16. The Balaban J connectivity index is 1.48. The number of carbonyl (C=O) groups excluding carboxylic acids is 4. The summed E-state index contributed by atoms with van der Waals surface area (Å²) in [4.78, 5) is 131. The number of aromatic nitrogens is 1. The van der Waals surface area contributed by atoms with E-state index in [0.717, 1.165) is 5.56 Å². The van der Waals surface area contributed by atoms with Crippen LogP contribution in [0.1, 0.15) is 63.4 Å². The molecule has 2 heterocycles. The number of urea groups is 1. The lowest BCUT2D eigenvalue weighted by molar-refractivity contribution is -0.141. The number of nitrogens with one attached hydrogen (secondary N) is 6. The molecule has 12 N–H and O–H groups in total. The lowest BCUT2D eigenvalue weighted by Gasteiger charge is -2.33. The van der Waals surface area contributed by atoms with Crippen LogP contribution in [0.15, 0.2) is 18.5 Å². The molecular weight excluding hydrogens is 913 g/mol. The Morgan fingerprint density at radius 3 is 1.52 bits per heavy atom. The Hall–Kier alpha value is -6.38. The number of hydrogen-bond donors (Lipinski definition) is 12. The minimum absolute atomic E-state index is 0.0244. The topological polar surface area (TPSA) is 381 Å². The van der Waals surface area contributed by atoms with Crippen molar-refractivity contribution in [1.82, 2.24) is 51.2 Å². The molecule has 1 aromatic rings. The van der Waals surface area contributed by atoms with Gasteiger partial charge < -0.3 is 62.2 Å². The van der Waals surface area contributed by atoms with E-state index in [4.69, 9.17) is 5.11 Å². The summed E-state index contributed by atoms with van der Waals surface area (Å²) in [6, 6.07) is -3.20. The molecule has 2 aliphatic rings. The second kappa shape index (κ2) is 30.2. The van der Waals surface area contributed by atoms with E-state index in [1.807, 2.05) is 4.90 Å². The molecule has 26 nitrogen and oxygen atoms in total. The van der Waals surface area contributed by atoms with Crippen molar-refractivity contribution >= 4 is 59.6 Å². The first-order valence-corrected chi connectivity index (χ1v) is 23.0. The van der Waals surface area contributed by atoms with Crippen LogP contribution in [-0.4, -0.2) is 225 Å². The van der Waals surface area contributed by atoms with Crippen LogP contribution >= 0.6 is 0 Å². The third kappa shape index (κ3) is 23.5. The number of H-pyrrole nitrogens is 1. The van der Waals surface area contributed by atoms with Crippen molar-refractivity contribution in [3.05, 3.63) is 24.0 Å². The van der Waals surface area contributed by atoms with Crippen LogP contribution in [0.4, 0.5) is 4.79 Å². The smallest absolute Gasteiger partial charge is 0.326 e. The van der Waals surface area contributed by atoms with Gasteiger partial charge in [-0.1, -0.05) is 0 Å². The van der Waals surface area contributed by atoms with Crippen molar-refractivity contribution in [2.75, 3.05) is 91.6 Å². The number of carboxylic acids is 6. The molecule has 0 bridgehead atoms. The Bertz CT molecular complexity index is 1850. The predicted octanol–water partition coefficient (Wildman–Crippen LogP) is -2.20. The molecule has 69 heavy (non-hydrogen) atoms. The number of unbranched alkanes of at least 4 members (excludes halogenated alkanes) is 1. The zero-order chi connectivity index (χ0) is 50.9. The number of aromatic amines is 1. The van der Waals surface area contributed by atoms with Gasteiger partial charge in [-0.3, -0.25) is 53.2 Å². The van der Waals surface area contributed by atoms with Crippen molar-refractivity contribution in [3.63, 3.8) is 0 Å². The maximum Gasteiger partial charge on any atom is 0.326 e. The van der Waals surface area contributed by atoms with Crippen LogP contribution in [0.2, 0.25) is 0 Å². The van der Waals surface area contributed by atoms with E-state index in [0.29, 0.717) is 51.7 Å². The third-order valence-corrected chi connectivity index (χ3v) is 12.0. The summed E-state index contributed by atoms with van der Waals surface area (Å²) in [5, 5.41) is 68.9. The molecule has 26 heteroatoms. The van der Waals surface area contributed by atoms with Gasteiger partial charge in [-0.05, 0) is 68.9 Å². The van der Waals surface area contributed by atoms with Gasteiger partial charge in [0.05, 0.1) is 26.2 Å². The Morgan fingerprint density at radius 1 is 0.580 bits per heavy atom. The largest absolute Gasteiger partial charge is 0.481 e. The van der Waals surface area contributed by atoms with Gasteiger partial charge in [-0.2, -0.15) is 0 Å². The normalized spacial score (nSPS) is 19.2. The summed E-state index contributed by atoms with van der Waals surface area (Å²) in [7, 11) is 0. The average Bonchev–Trinajstić information content (AvgIpc) is 3.79. The van der Waals surface area contributed by atoms with Crippen LogP contribution in [0.3, 0.4) is 0 Å². The first-order chi connectivity index (χ1) is 32.8. The summed E-state index contributed by atoms with van der Waals surface area (Å²) in [6.07, 6.45) is 5.37. The molecule has 0 aromatic carbocycles. The Morgan fingerprint density at radius 2 is 1.07 bits per heavy atom. The van der Waals surface area contributed by atoms with Crippen molar-refractivity contribution < 1.29 is 78.6 Å². The Kier molecular flexibility index (Phi) is 24.9. The van der Waals surface area contributed by atoms with E-state index in [1.54, 1.807) is 33.2 Å². The molecule has 386 valence electrons. The van der Waals surface area contributed by atoms with Gasteiger partial charge in [0.1, 0.15) is 18.1 Å². The lowest BCUT2D eigenvalue weighted by atomic mass is 9.81. The average molecular weight is 981 g/mol. The minimum Gasteiger partial charge on any atom is -0.481 e. The van der Waals surface area contributed by atoms with E-state index < -0.39 is 78.7 Å². The fourth-order valence-corrected chi connectivity index (χ4v) is 8.10. The summed E-state index contributed by atoms with van der Waals surface area (Å²) in [6.45, 7) is 1.77. The van der Waals surface area contributed by atoms with E-state index >= 15 is 0 Å². The number of rotatable bonds is 27. The van der Waals surface area contributed by atoms with Gasteiger partial charge in [-0.25, -0.2) is 14.4 Å². The molecule has 3 atom stereocenters. The molecule has 1 saturated carbocycles. The summed E-state index contributed by atoms with van der Waals surface area (Å²) in [5.74, 6) is -8.63. The van der Waals surface area contributed by atoms with E-state index in [2.05, 4.69) is 31.6 Å². The van der Waals surface area contributed by atoms with Gasteiger partial charge >= 0.3 is 41.8 Å². The molecule has 0 radical (unpaired) electrons. The fraction of sp³-hybridized carbons (Fsp3) is 0.674. The molecule has 0 spiro atoms. The summed E-state index contributed by atoms with van der Waals surface area (Å²) < 4.78 is 0. The summed E-state index contributed by atoms with van der Waals surface area (Å²) >= 11 is 0. The molecule has 1 aliphatic carbocycles. The van der Waals surface area contributed by atoms with Crippen molar-refractivity contribution in [1.29, 1.82) is 0 Å². The summed E-state index contributed by atoms with van der Waals surface area (Å²) in [5.41, 5.74) is 0.767. The highest BCUT2D eigenvalue weighted by molar-refractivity contribution is 5.89. The highest BCUT2D eigenvalue weighted by Crippen LogP contribution is 2.29. The van der Waals surface area contributed by atoms with Crippen molar-refractivity contribution in [3.8, 4) is 0 Å². The number of aliphatic carboxylic acids is 6. The molecule has 1 aromatic heterocycles. The number of nitrogens with zero attached hydrogens (tertiary/aromatic N) is 4. The maximum absolute atomic E-state index is 13.5. The zero-order valence-corrected chi connectivity index (χ0v) is 38.6. The van der Waals surface area contributed by atoms with Crippen LogP contribution in [0.5, 0.6) is 0 Å². The molecule has 5 amide bonds. The zero-order valence-electron chi connectivity index (χ0n) is 38.6. The SMILES string of the molecule is O=C(O)CC[C@H](NC(=O)N[C@@H](CCCCNC(=O)[C@H](Cc1cc[nH]c1)NC(=O)C1CCC(CNC(=O)CN2CCN(CC(=O)O)CCN(CC(=O)O)CCN(CC(=O)O)CC2)CC1)C(=O)O)C(=O)O. The first kappa shape index (κ1) is 56.9. The minimum atomic E-state index is -1.55. The Labute approximate surface area is 398 Å². The number of amides is 5.